The molecule has 0 aromatic heterocycles. The van der Waals surface area contributed by atoms with E-state index < -0.39 is 5.97 Å². The van der Waals surface area contributed by atoms with E-state index >= 15 is 0 Å². The Morgan fingerprint density at radius 1 is 1.18 bits per heavy atom. The Morgan fingerprint density at radius 3 is 2.64 bits per heavy atom. The highest BCUT2D eigenvalue weighted by Crippen LogP contribution is 2.29. The van der Waals surface area contributed by atoms with E-state index in [4.69, 9.17) is 14.6 Å². The van der Waals surface area contributed by atoms with E-state index in [1.165, 1.54) is 11.6 Å². The van der Waals surface area contributed by atoms with Gasteiger partial charge in [-0.05, 0) is 41.8 Å². The average molecular weight is 298 g/mol. The van der Waals surface area contributed by atoms with Crippen molar-refractivity contribution in [1.29, 1.82) is 0 Å². The molecule has 0 atom stereocenters. The summed E-state index contributed by atoms with van der Waals surface area (Å²) in [5.41, 5.74) is 3.02. The van der Waals surface area contributed by atoms with Crippen molar-refractivity contribution in [1.82, 2.24) is 0 Å². The fourth-order valence-corrected chi connectivity index (χ4v) is 2.00. The second-order valence-corrected chi connectivity index (χ2v) is 4.80. The van der Waals surface area contributed by atoms with Gasteiger partial charge in [-0.25, -0.2) is 4.79 Å². The van der Waals surface area contributed by atoms with E-state index in [9.17, 15) is 4.79 Å². The van der Waals surface area contributed by atoms with Crippen molar-refractivity contribution in [3.05, 3.63) is 65.2 Å². The Balaban J connectivity index is 2.14. The van der Waals surface area contributed by atoms with Gasteiger partial charge in [-0.1, -0.05) is 30.3 Å². The maximum absolute atomic E-state index is 10.5. The molecule has 0 saturated carbocycles. The third kappa shape index (κ3) is 4.12. The number of ether oxygens (including phenoxy) is 2. The van der Waals surface area contributed by atoms with E-state index in [0.29, 0.717) is 18.1 Å². The van der Waals surface area contributed by atoms with Gasteiger partial charge in [-0.3, -0.25) is 0 Å². The summed E-state index contributed by atoms with van der Waals surface area (Å²) in [6.07, 6.45) is 2.60. The highest BCUT2D eigenvalue weighted by molar-refractivity contribution is 5.85. The molecule has 0 heterocycles. The summed E-state index contributed by atoms with van der Waals surface area (Å²) in [5, 5.41) is 8.65. The lowest BCUT2D eigenvalue weighted by Gasteiger charge is -2.12. The van der Waals surface area contributed by atoms with E-state index in [1.54, 1.807) is 25.3 Å². The van der Waals surface area contributed by atoms with Gasteiger partial charge in [0, 0.05) is 6.08 Å². The number of rotatable bonds is 6. The quantitative estimate of drug-likeness (QED) is 0.827. The maximum atomic E-state index is 10.5. The van der Waals surface area contributed by atoms with Crippen LogP contribution in [-0.2, 0) is 11.4 Å². The number of hydrogen-bond donors (Lipinski definition) is 1. The van der Waals surface area contributed by atoms with Gasteiger partial charge in [-0.2, -0.15) is 0 Å². The molecule has 0 saturated heterocycles. The van der Waals surface area contributed by atoms with Crippen molar-refractivity contribution < 1.29 is 19.4 Å². The lowest BCUT2D eigenvalue weighted by molar-refractivity contribution is -0.131. The number of carbonyl (C=O) groups is 1. The predicted molar refractivity (Wildman–Crippen MR) is 85.2 cm³/mol. The summed E-state index contributed by atoms with van der Waals surface area (Å²) in [6, 6.07) is 13.3. The zero-order chi connectivity index (χ0) is 15.9. The number of carboxylic acid groups (broad SMARTS) is 1. The molecule has 2 rings (SSSR count). The number of hydrogen-bond acceptors (Lipinski definition) is 3. The number of benzene rings is 2. The number of aryl methyl sites for hydroxylation is 1. The first kappa shape index (κ1) is 15.6. The molecule has 0 bridgehead atoms. The first-order valence-electron chi connectivity index (χ1n) is 6.86. The molecule has 1 N–H and O–H groups in total. The lowest BCUT2D eigenvalue weighted by Crippen LogP contribution is -1.99. The molecule has 2 aromatic carbocycles. The van der Waals surface area contributed by atoms with Crippen molar-refractivity contribution in [3.8, 4) is 11.5 Å². The molecular weight excluding hydrogens is 280 g/mol. The van der Waals surface area contributed by atoms with Gasteiger partial charge >= 0.3 is 5.97 Å². The van der Waals surface area contributed by atoms with Crippen LogP contribution in [0.1, 0.15) is 16.7 Å². The topological polar surface area (TPSA) is 55.8 Å². The molecule has 0 amide bonds. The van der Waals surface area contributed by atoms with Gasteiger partial charge < -0.3 is 14.6 Å². The summed E-state index contributed by atoms with van der Waals surface area (Å²) in [6.45, 7) is 2.49. The molecule has 114 valence electrons. The zero-order valence-electron chi connectivity index (χ0n) is 12.6. The zero-order valence-corrected chi connectivity index (χ0v) is 12.6. The molecule has 22 heavy (non-hydrogen) atoms. The smallest absolute Gasteiger partial charge is 0.328 e. The Hall–Kier alpha value is -2.75. The van der Waals surface area contributed by atoms with Gasteiger partial charge in [0.1, 0.15) is 6.61 Å². The molecule has 4 nitrogen and oxygen atoms in total. The second-order valence-electron chi connectivity index (χ2n) is 4.80. The van der Waals surface area contributed by atoms with Crippen LogP contribution in [0.2, 0.25) is 0 Å². The van der Waals surface area contributed by atoms with Crippen LogP contribution in [0, 0.1) is 6.92 Å². The summed E-state index contributed by atoms with van der Waals surface area (Å²) in [4.78, 5) is 10.5. The molecular formula is C18H18O4. The minimum absolute atomic E-state index is 0.452. The highest BCUT2D eigenvalue weighted by atomic mass is 16.5. The van der Waals surface area contributed by atoms with Crippen LogP contribution in [0.4, 0.5) is 0 Å². The lowest BCUT2D eigenvalue weighted by atomic mass is 10.1. The molecule has 2 aromatic rings. The largest absolute Gasteiger partial charge is 0.493 e. The van der Waals surface area contributed by atoms with Crippen LogP contribution < -0.4 is 9.47 Å². The fraction of sp³-hybridized carbons (Fsp3) is 0.167. The molecule has 0 aliphatic heterocycles. The van der Waals surface area contributed by atoms with Crippen LogP contribution in [0.15, 0.2) is 48.5 Å². The van der Waals surface area contributed by atoms with Crippen molar-refractivity contribution in [2.75, 3.05) is 7.11 Å². The maximum Gasteiger partial charge on any atom is 0.328 e. The molecule has 0 fully saturated rings. The van der Waals surface area contributed by atoms with Crippen LogP contribution >= 0.6 is 0 Å². The molecule has 4 heteroatoms. The number of methoxy groups -OCH3 is 1. The number of aliphatic carboxylic acids is 1. The molecule has 0 aliphatic rings. The van der Waals surface area contributed by atoms with Crippen LogP contribution in [-0.4, -0.2) is 18.2 Å². The molecule has 0 unspecified atom stereocenters. The standard InChI is InChI=1S/C18H18O4/c1-13-5-3-4-6-15(13)12-22-16-9-7-14(8-10-18(19)20)11-17(16)21-2/h3-11H,12H2,1-2H3,(H,19,20)/b10-8+. The predicted octanol–water partition coefficient (Wildman–Crippen LogP) is 3.68. The van der Waals surface area contributed by atoms with Gasteiger partial charge in [-0.15, -0.1) is 0 Å². The fourth-order valence-electron chi connectivity index (χ4n) is 2.00. The van der Waals surface area contributed by atoms with E-state index in [1.807, 2.05) is 31.2 Å². The minimum atomic E-state index is -0.987. The van der Waals surface area contributed by atoms with Gasteiger partial charge in [0.2, 0.25) is 0 Å². The third-order valence-corrected chi connectivity index (χ3v) is 3.25. The second kappa shape index (κ2) is 7.31. The Labute approximate surface area is 129 Å². The summed E-state index contributed by atoms with van der Waals surface area (Å²) < 4.78 is 11.1. The van der Waals surface area contributed by atoms with E-state index in [0.717, 1.165) is 17.2 Å². The Bertz CT molecular complexity index is 689. The van der Waals surface area contributed by atoms with Crippen LogP contribution in [0.3, 0.4) is 0 Å². The van der Waals surface area contributed by atoms with Gasteiger partial charge in [0.05, 0.1) is 7.11 Å². The van der Waals surface area contributed by atoms with Gasteiger partial charge in [0.25, 0.3) is 0 Å². The first-order chi connectivity index (χ1) is 10.6. The van der Waals surface area contributed by atoms with Crippen molar-refractivity contribution >= 4 is 12.0 Å². The highest BCUT2D eigenvalue weighted by Gasteiger charge is 2.06. The molecule has 0 aliphatic carbocycles. The average Bonchev–Trinajstić information content (AvgIpc) is 2.52. The summed E-state index contributed by atoms with van der Waals surface area (Å²) >= 11 is 0. The SMILES string of the molecule is COc1cc(/C=C/C(=O)O)ccc1OCc1ccccc1C. The third-order valence-electron chi connectivity index (χ3n) is 3.25. The van der Waals surface area contributed by atoms with Crippen molar-refractivity contribution in [3.63, 3.8) is 0 Å². The first-order valence-corrected chi connectivity index (χ1v) is 6.86. The molecule has 0 spiro atoms. The van der Waals surface area contributed by atoms with Crippen LogP contribution in [0.25, 0.3) is 6.08 Å². The van der Waals surface area contributed by atoms with Gasteiger partial charge in [0.15, 0.2) is 11.5 Å². The molecule has 0 radical (unpaired) electrons. The minimum Gasteiger partial charge on any atom is -0.493 e. The normalized spacial score (nSPS) is 10.6. The van der Waals surface area contributed by atoms with E-state index in [-0.39, 0.29) is 0 Å². The summed E-state index contributed by atoms with van der Waals surface area (Å²) in [5.74, 6) is 0.207. The van der Waals surface area contributed by atoms with Crippen molar-refractivity contribution in [2.24, 2.45) is 0 Å². The van der Waals surface area contributed by atoms with Crippen LogP contribution in [0.5, 0.6) is 11.5 Å². The monoisotopic (exact) mass is 298 g/mol. The Kier molecular flexibility index (Phi) is 5.20. The number of carboxylic acids is 1. The van der Waals surface area contributed by atoms with Crippen molar-refractivity contribution in [2.45, 2.75) is 13.5 Å². The van der Waals surface area contributed by atoms with E-state index in [2.05, 4.69) is 0 Å². The Morgan fingerprint density at radius 2 is 1.95 bits per heavy atom. The summed E-state index contributed by atoms with van der Waals surface area (Å²) in [7, 11) is 1.56.